The van der Waals surface area contributed by atoms with Crippen LogP contribution in [0.25, 0.3) is 0 Å². The van der Waals surface area contributed by atoms with Gasteiger partial charge in [-0.2, -0.15) is 0 Å². The number of ether oxygens (including phenoxy) is 4. The molecule has 6 nitrogen and oxygen atoms in total. The van der Waals surface area contributed by atoms with Gasteiger partial charge in [-0.25, -0.2) is 0 Å². The van der Waals surface area contributed by atoms with Gasteiger partial charge in [-0.05, 0) is 62.9 Å². The molecule has 0 aliphatic carbocycles. The van der Waals surface area contributed by atoms with Gasteiger partial charge in [-0.15, -0.1) is 0 Å². The van der Waals surface area contributed by atoms with Crippen molar-refractivity contribution in [2.24, 2.45) is 0 Å². The average Bonchev–Trinajstić information content (AvgIpc) is 2.90. The molecule has 3 aromatic rings. The fourth-order valence-corrected chi connectivity index (χ4v) is 4.29. The second-order valence-corrected chi connectivity index (χ2v) is 9.90. The lowest BCUT2D eigenvalue weighted by Crippen LogP contribution is -2.33. The molecule has 1 heterocycles. The van der Waals surface area contributed by atoms with E-state index in [1.807, 2.05) is 50.2 Å². The molecule has 0 aromatic heterocycles. The summed E-state index contributed by atoms with van der Waals surface area (Å²) in [6.45, 7) is 6.76. The van der Waals surface area contributed by atoms with Crippen LogP contribution in [-0.2, 0) is 19.6 Å². The number of hydrogen-bond donors (Lipinski definition) is 1. The summed E-state index contributed by atoms with van der Waals surface area (Å²) in [6.07, 6.45) is 3.43. The van der Waals surface area contributed by atoms with E-state index in [2.05, 4.69) is 6.92 Å². The number of rotatable bonds is 12. The van der Waals surface area contributed by atoms with Crippen molar-refractivity contribution in [2.75, 3.05) is 13.2 Å². The quantitative estimate of drug-likeness (QED) is 0.230. The van der Waals surface area contributed by atoms with Crippen molar-refractivity contribution in [1.82, 2.24) is 0 Å². The molecule has 0 unspecified atom stereocenters. The lowest BCUT2D eigenvalue weighted by atomic mass is 9.92. The number of hydrogen-bond acceptors (Lipinski definition) is 6. The van der Waals surface area contributed by atoms with Gasteiger partial charge in [-0.1, -0.05) is 43.7 Å². The van der Waals surface area contributed by atoms with Crippen molar-refractivity contribution < 1.29 is 28.8 Å². The molecule has 1 aliphatic heterocycles. The summed E-state index contributed by atoms with van der Waals surface area (Å²) in [5.41, 5.74) is 2.76. The largest absolute Gasteiger partial charge is 0.493 e. The maximum Gasteiger partial charge on any atom is 0.203 e. The van der Waals surface area contributed by atoms with Gasteiger partial charge >= 0.3 is 0 Å². The summed E-state index contributed by atoms with van der Waals surface area (Å²) < 4.78 is 24.1. The van der Waals surface area contributed by atoms with Crippen LogP contribution in [0.2, 0.25) is 0 Å². The van der Waals surface area contributed by atoms with Crippen LogP contribution in [0.4, 0.5) is 0 Å². The van der Waals surface area contributed by atoms with E-state index in [0.717, 1.165) is 42.6 Å². The Morgan fingerprint density at radius 3 is 2.59 bits per heavy atom. The molecule has 0 saturated carbocycles. The van der Waals surface area contributed by atoms with E-state index in [1.54, 1.807) is 24.3 Å². The number of carbonyl (C=O) groups is 1. The maximum absolute atomic E-state index is 13.3. The van der Waals surface area contributed by atoms with Gasteiger partial charge in [-0.3, -0.25) is 4.79 Å². The highest BCUT2D eigenvalue weighted by molar-refractivity contribution is 6.00. The van der Waals surface area contributed by atoms with Crippen molar-refractivity contribution >= 4 is 5.78 Å². The van der Waals surface area contributed by atoms with Gasteiger partial charge in [0.05, 0.1) is 18.8 Å². The summed E-state index contributed by atoms with van der Waals surface area (Å²) in [6, 6.07) is 18.8. The molecule has 0 amide bonds. The standard InChI is InChI=1S/C31H36O6/c1-4-5-17-34-29-18-24(35-20-22-9-7-6-8-10-22)12-13-25(29)27(33)21-36-30-23(19-32)11-14-28-26(30)15-16-31(2,3)37-28/h6-14,18,32H,4-5,15-17,19-21H2,1-3H3. The first-order chi connectivity index (χ1) is 17.9. The zero-order valence-corrected chi connectivity index (χ0v) is 21.9. The Morgan fingerprint density at radius 2 is 1.84 bits per heavy atom. The second-order valence-electron chi connectivity index (χ2n) is 9.90. The van der Waals surface area contributed by atoms with Crippen LogP contribution in [0.15, 0.2) is 60.7 Å². The third-order valence-corrected chi connectivity index (χ3v) is 6.44. The SMILES string of the molecule is CCCCOc1cc(OCc2ccccc2)ccc1C(=O)COc1c(CO)ccc2c1CCC(C)(C)O2. The molecule has 0 fully saturated rings. The molecule has 0 bridgehead atoms. The van der Waals surface area contributed by atoms with Crippen LogP contribution >= 0.6 is 0 Å². The Balaban J connectivity index is 1.51. The third-order valence-electron chi connectivity index (χ3n) is 6.44. The molecule has 0 radical (unpaired) electrons. The summed E-state index contributed by atoms with van der Waals surface area (Å²) in [7, 11) is 0. The number of benzene rings is 3. The number of unbranched alkanes of at least 4 members (excludes halogenated alkanes) is 1. The lowest BCUT2D eigenvalue weighted by molar-refractivity contribution is 0.0813. The van der Waals surface area contributed by atoms with Crippen LogP contribution in [0.5, 0.6) is 23.0 Å². The minimum atomic E-state index is -0.268. The highest BCUT2D eigenvalue weighted by atomic mass is 16.5. The third kappa shape index (κ3) is 6.83. The second kappa shape index (κ2) is 12.2. The zero-order chi connectivity index (χ0) is 26.3. The van der Waals surface area contributed by atoms with E-state index in [1.165, 1.54) is 0 Å². The normalized spacial score (nSPS) is 13.8. The Morgan fingerprint density at radius 1 is 1.03 bits per heavy atom. The molecule has 6 heteroatoms. The number of carbonyl (C=O) groups excluding carboxylic acids is 1. The van der Waals surface area contributed by atoms with Gasteiger partial charge in [0.25, 0.3) is 0 Å². The lowest BCUT2D eigenvalue weighted by Gasteiger charge is -2.33. The highest BCUT2D eigenvalue weighted by Gasteiger charge is 2.30. The van der Waals surface area contributed by atoms with Gasteiger partial charge < -0.3 is 24.1 Å². The van der Waals surface area contributed by atoms with Crippen LogP contribution in [0.3, 0.4) is 0 Å². The number of Topliss-reactive ketones (excluding diaryl/α,β-unsaturated/α-hetero) is 1. The Hall–Kier alpha value is -3.51. The fourth-order valence-electron chi connectivity index (χ4n) is 4.29. The minimum Gasteiger partial charge on any atom is -0.493 e. The average molecular weight is 505 g/mol. The molecule has 0 saturated heterocycles. The van der Waals surface area contributed by atoms with Crippen molar-refractivity contribution in [3.63, 3.8) is 0 Å². The topological polar surface area (TPSA) is 74.2 Å². The monoisotopic (exact) mass is 504 g/mol. The van der Waals surface area contributed by atoms with Gasteiger partial charge in [0.2, 0.25) is 5.78 Å². The van der Waals surface area contributed by atoms with Crippen molar-refractivity contribution in [1.29, 1.82) is 0 Å². The number of aliphatic hydroxyl groups excluding tert-OH is 1. The fraction of sp³-hybridized carbons (Fsp3) is 0.387. The van der Waals surface area contributed by atoms with Crippen LogP contribution in [0, 0.1) is 0 Å². The number of fused-ring (bicyclic) bond motifs is 1. The highest BCUT2D eigenvalue weighted by Crippen LogP contribution is 2.40. The smallest absolute Gasteiger partial charge is 0.203 e. The molecule has 4 rings (SSSR count). The summed E-state index contributed by atoms with van der Waals surface area (Å²) in [5, 5.41) is 9.89. The van der Waals surface area contributed by atoms with Crippen LogP contribution < -0.4 is 18.9 Å². The van der Waals surface area contributed by atoms with Crippen molar-refractivity contribution in [3.8, 4) is 23.0 Å². The van der Waals surface area contributed by atoms with Gasteiger partial charge in [0.1, 0.15) is 35.2 Å². The van der Waals surface area contributed by atoms with Gasteiger partial charge in [0.15, 0.2) is 6.61 Å². The number of ketones is 1. The van der Waals surface area contributed by atoms with E-state index in [-0.39, 0.29) is 24.6 Å². The molecular weight excluding hydrogens is 468 g/mol. The molecule has 0 spiro atoms. The van der Waals surface area contributed by atoms with Crippen LogP contribution in [0.1, 0.15) is 67.1 Å². The van der Waals surface area contributed by atoms with Crippen molar-refractivity contribution in [3.05, 3.63) is 82.9 Å². The zero-order valence-electron chi connectivity index (χ0n) is 21.9. The first-order valence-corrected chi connectivity index (χ1v) is 12.9. The molecule has 37 heavy (non-hydrogen) atoms. The summed E-state index contributed by atoms with van der Waals surface area (Å²) >= 11 is 0. The molecule has 196 valence electrons. The van der Waals surface area contributed by atoms with E-state index in [4.69, 9.17) is 18.9 Å². The number of aliphatic hydroxyl groups is 1. The summed E-state index contributed by atoms with van der Waals surface area (Å²) in [5.74, 6) is 2.17. The Labute approximate surface area is 219 Å². The first kappa shape index (κ1) is 26.6. The first-order valence-electron chi connectivity index (χ1n) is 12.9. The Bertz CT molecular complexity index is 1200. The molecular formula is C31H36O6. The van der Waals surface area contributed by atoms with E-state index < -0.39 is 0 Å². The van der Waals surface area contributed by atoms with E-state index in [9.17, 15) is 9.90 Å². The molecule has 0 atom stereocenters. The predicted octanol–water partition coefficient (Wildman–Crippen LogP) is 6.30. The predicted molar refractivity (Wildman–Crippen MR) is 143 cm³/mol. The molecule has 1 N–H and O–H groups in total. The van der Waals surface area contributed by atoms with Crippen LogP contribution in [-0.4, -0.2) is 29.7 Å². The molecule has 3 aromatic carbocycles. The maximum atomic E-state index is 13.3. The minimum absolute atomic E-state index is 0.179. The Kier molecular flexibility index (Phi) is 8.72. The van der Waals surface area contributed by atoms with E-state index in [0.29, 0.717) is 41.6 Å². The van der Waals surface area contributed by atoms with Gasteiger partial charge in [0, 0.05) is 17.2 Å². The molecule has 1 aliphatic rings. The van der Waals surface area contributed by atoms with E-state index >= 15 is 0 Å². The van der Waals surface area contributed by atoms with Crippen molar-refractivity contribution in [2.45, 2.75) is 65.3 Å². The summed E-state index contributed by atoms with van der Waals surface area (Å²) in [4.78, 5) is 13.3.